The van der Waals surface area contributed by atoms with Gasteiger partial charge in [-0.15, -0.1) is 35.3 Å². The number of halogens is 1. The molecule has 1 aliphatic heterocycles. The molecule has 0 unspecified atom stereocenters. The molecule has 150 valence electrons. The van der Waals surface area contributed by atoms with Crippen LogP contribution in [-0.2, 0) is 10.0 Å². The summed E-state index contributed by atoms with van der Waals surface area (Å²) in [5.74, 6) is 0.845. The minimum atomic E-state index is -3.44. The molecular weight excluding hydrogens is 483 g/mol. The summed E-state index contributed by atoms with van der Waals surface area (Å²) in [5.41, 5.74) is 0.240. The molecule has 0 aromatic carbocycles. The molecule has 2 rings (SSSR count). The average molecular weight is 514 g/mol. The van der Waals surface area contributed by atoms with Crippen molar-refractivity contribution >= 4 is 51.3 Å². The fraction of sp³-hybridized carbons (Fsp3) is 0.706. The Bertz CT molecular complexity index is 742. The molecule has 1 fully saturated rings. The Morgan fingerprint density at radius 3 is 2.42 bits per heavy atom. The Labute approximate surface area is 178 Å². The zero-order valence-corrected chi connectivity index (χ0v) is 20.4. The van der Waals surface area contributed by atoms with E-state index in [9.17, 15) is 8.42 Å². The van der Waals surface area contributed by atoms with Gasteiger partial charge >= 0.3 is 0 Å². The van der Waals surface area contributed by atoms with Crippen LogP contribution in [0.4, 0.5) is 0 Å². The summed E-state index contributed by atoms with van der Waals surface area (Å²) in [4.78, 5) is 7.85. The molecule has 1 saturated heterocycles. The number of nitrogens with zero attached hydrogens (tertiary/aromatic N) is 2. The Hall–Kier alpha value is -0.390. The highest BCUT2D eigenvalue weighted by Crippen LogP contribution is 2.46. The van der Waals surface area contributed by atoms with Crippen molar-refractivity contribution in [3.05, 3.63) is 17.0 Å². The molecular formula is C17H31IN4O2S2. The lowest BCUT2D eigenvalue weighted by Crippen LogP contribution is -2.72. The van der Waals surface area contributed by atoms with Crippen molar-refractivity contribution < 1.29 is 8.42 Å². The van der Waals surface area contributed by atoms with Gasteiger partial charge in [-0.3, -0.25) is 4.99 Å². The van der Waals surface area contributed by atoms with E-state index in [-0.39, 0.29) is 41.5 Å². The van der Waals surface area contributed by atoms with Crippen molar-refractivity contribution in [2.75, 3.05) is 26.2 Å². The predicted octanol–water partition coefficient (Wildman–Crippen LogP) is 3.04. The first-order valence-electron chi connectivity index (χ1n) is 8.63. The topological polar surface area (TPSA) is 73.8 Å². The summed E-state index contributed by atoms with van der Waals surface area (Å²) >= 11 is 1.28. The van der Waals surface area contributed by atoms with E-state index >= 15 is 0 Å². The molecule has 0 spiro atoms. The molecule has 6 nitrogen and oxygen atoms in total. The first kappa shape index (κ1) is 23.6. The second kappa shape index (κ2) is 8.74. The van der Waals surface area contributed by atoms with Gasteiger partial charge in [-0.1, -0.05) is 13.8 Å². The van der Waals surface area contributed by atoms with Crippen LogP contribution in [0.5, 0.6) is 0 Å². The second-order valence-electron chi connectivity index (χ2n) is 7.53. The molecule has 2 heterocycles. The lowest BCUT2D eigenvalue weighted by molar-refractivity contribution is -0.0667. The fourth-order valence-corrected chi connectivity index (χ4v) is 5.11. The third-order valence-corrected chi connectivity index (χ3v) is 8.07. The summed E-state index contributed by atoms with van der Waals surface area (Å²) in [5, 5.41) is 3.31. The van der Waals surface area contributed by atoms with Gasteiger partial charge in [0, 0.05) is 35.5 Å². The van der Waals surface area contributed by atoms with Gasteiger partial charge < -0.3 is 10.2 Å². The van der Waals surface area contributed by atoms with Crippen LogP contribution in [0.2, 0.25) is 0 Å². The van der Waals surface area contributed by atoms with Gasteiger partial charge in [-0.05, 0) is 39.8 Å². The third kappa shape index (κ3) is 4.90. The standard InChI is InChI=1S/C17H30N4O2S2.HI/c1-7-18-15(21-12-16(3,4)17(21,5)6)19-10-11-20-25(22,23)14-9-8-13(2)24-14;/h8-9,20H,7,10-12H2,1-6H3,(H,18,19);1H. The Morgan fingerprint density at radius 2 is 1.96 bits per heavy atom. The molecule has 1 aromatic rings. The van der Waals surface area contributed by atoms with E-state index in [0.29, 0.717) is 10.8 Å². The van der Waals surface area contributed by atoms with Crippen molar-refractivity contribution in [3.63, 3.8) is 0 Å². The van der Waals surface area contributed by atoms with Gasteiger partial charge in [0.25, 0.3) is 0 Å². The zero-order chi connectivity index (χ0) is 18.9. The fourth-order valence-electron chi connectivity index (χ4n) is 2.76. The van der Waals surface area contributed by atoms with E-state index in [1.54, 1.807) is 6.07 Å². The molecule has 2 N–H and O–H groups in total. The molecule has 0 aliphatic carbocycles. The van der Waals surface area contributed by atoms with Crippen molar-refractivity contribution in [2.45, 2.75) is 51.3 Å². The number of aryl methyl sites for hydroxylation is 1. The number of guanidine groups is 1. The number of aliphatic imine (C=N–C) groups is 1. The molecule has 0 saturated carbocycles. The lowest BCUT2D eigenvalue weighted by Gasteiger charge is -2.62. The van der Waals surface area contributed by atoms with Gasteiger partial charge in [-0.25, -0.2) is 13.1 Å². The Balaban J connectivity index is 0.00000338. The van der Waals surface area contributed by atoms with Crippen LogP contribution in [0, 0.1) is 12.3 Å². The van der Waals surface area contributed by atoms with E-state index in [1.165, 1.54) is 11.3 Å². The SMILES string of the molecule is CCNC(=NCCNS(=O)(=O)c1ccc(C)s1)N1CC(C)(C)C1(C)C.I. The van der Waals surface area contributed by atoms with Gasteiger partial charge in [0.2, 0.25) is 10.0 Å². The highest BCUT2D eigenvalue weighted by molar-refractivity contribution is 14.0. The minimum absolute atomic E-state index is 0. The summed E-state index contributed by atoms with van der Waals surface area (Å²) in [6.07, 6.45) is 0. The largest absolute Gasteiger partial charge is 0.356 e. The van der Waals surface area contributed by atoms with Crippen LogP contribution in [-0.4, -0.2) is 51.0 Å². The molecule has 0 radical (unpaired) electrons. The van der Waals surface area contributed by atoms with Crippen molar-refractivity contribution in [1.29, 1.82) is 0 Å². The average Bonchev–Trinajstić information content (AvgIpc) is 2.96. The van der Waals surface area contributed by atoms with E-state index in [1.807, 2.05) is 19.9 Å². The number of thiophene rings is 1. The summed E-state index contributed by atoms with van der Waals surface area (Å²) in [6.45, 7) is 15.3. The van der Waals surface area contributed by atoms with Gasteiger partial charge in [0.05, 0.1) is 6.54 Å². The first-order chi connectivity index (χ1) is 11.5. The molecule has 1 aromatic heterocycles. The lowest BCUT2D eigenvalue weighted by atomic mass is 9.65. The highest BCUT2D eigenvalue weighted by atomic mass is 127. The molecule has 1 aliphatic rings. The maximum Gasteiger partial charge on any atom is 0.250 e. The first-order valence-corrected chi connectivity index (χ1v) is 10.9. The maximum absolute atomic E-state index is 12.2. The quantitative estimate of drug-likeness (QED) is 0.265. The molecule has 9 heteroatoms. The number of hydrogen-bond acceptors (Lipinski definition) is 4. The van der Waals surface area contributed by atoms with E-state index < -0.39 is 10.0 Å². The monoisotopic (exact) mass is 514 g/mol. The summed E-state index contributed by atoms with van der Waals surface area (Å²) in [7, 11) is -3.44. The van der Waals surface area contributed by atoms with Gasteiger partial charge in [0.1, 0.15) is 4.21 Å². The second-order valence-corrected chi connectivity index (χ2v) is 10.8. The van der Waals surface area contributed by atoms with Crippen molar-refractivity contribution in [1.82, 2.24) is 14.9 Å². The summed E-state index contributed by atoms with van der Waals surface area (Å²) in [6, 6.07) is 3.45. The van der Waals surface area contributed by atoms with Gasteiger partial charge in [-0.2, -0.15) is 0 Å². The van der Waals surface area contributed by atoms with Crippen LogP contribution >= 0.6 is 35.3 Å². The molecule has 0 atom stereocenters. The van der Waals surface area contributed by atoms with E-state index in [2.05, 4.69) is 47.6 Å². The minimum Gasteiger partial charge on any atom is -0.356 e. The van der Waals surface area contributed by atoms with Crippen LogP contribution < -0.4 is 10.0 Å². The van der Waals surface area contributed by atoms with Crippen molar-refractivity contribution in [3.8, 4) is 0 Å². The highest BCUT2D eigenvalue weighted by Gasteiger charge is 2.53. The third-order valence-electron chi connectivity index (χ3n) is 5.12. The number of sulfonamides is 1. The Kier molecular flexibility index (Phi) is 7.95. The molecule has 26 heavy (non-hydrogen) atoms. The maximum atomic E-state index is 12.2. The van der Waals surface area contributed by atoms with Crippen LogP contribution in [0.25, 0.3) is 0 Å². The number of rotatable bonds is 6. The van der Waals surface area contributed by atoms with Crippen LogP contribution in [0.15, 0.2) is 21.3 Å². The molecule has 0 amide bonds. The number of nitrogens with one attached hydrogen (secondary N) is 2. The van der Waals surface area contributed by atoms with Crippen molar-refractivity contribution in [2.24, 2.45) is 10.4 Å². The van der Waals surface area contributed by atoms with Crippen LogP contribution in [0.1, 0.15) is 39.5 Å². The predicted molar refractivity (Wildman–Crippen MR) is 120 cm³/mol. The Morgan fingerprint density at radius 1 is 1.31 bits per heavy atom. The summed E-state index contributed by atoms with van der Waals surface area (Å²) < 4.78 is 27.4. The van der Waals surface area contributed by atoms with E-state index in [4.69, 9.17) is 0 Å². The zero-order valence-electron chi connectivity index (χ0n) is 16.4. The normalized spacial score (nSPS) is 18.8. The van der Waals surface area contributed by atoms with Gasteiger partial charge in [0.15, 0.2) is 5.96 Å². The molecule has 0 bridgehead atoms. The number of hydrogen-bond donors (Lipinski definition) is 2. The smallest absolute Gasteiger partial charge is 0.250 e. The number of likely N-dealkylation sites (tertiary alicyclic amines) is 1. The van der Waals surface area contributed by atoms with Crippen LogP contribution in [0.3, 0.4) is 0 Å². The van der Waals surface area contributed by atoms with E-state index in [0.717, 1.165) is 23.9 Å².